The van der Waals surface area contributed by atoms with Crippen LogP contribution in [-0.4, -0.2) is 57.9 Å². The molecule has 2 atom stereocenters. The molecule has 0 aromatic rings. The SMILES string of the molecule is CS(=O)CCNC(=O)N1CCC(C)(C(=O)O)C1. The molecule has 1 heterocycles. The first-order chi connectivity index (χ1) is 7.85. The number of aliphatic carboxylic acids is 1. The lowest BCUT2D eigenvalue weighted by atomic mass is 9.90. The smallest absolute Gasteiger partial charge is 0.317 e. The third kappa shape index (κ3) is 3.69. The van der Waals surface area contributed by atoms with E-state index in [0.29, 0.717) is 25.3 Å². The molecule has 0 saturated carbocycles. The van der Waals surface area contributed by atoms with E-state index < -0.39 is 22.2 Å². The molecular formula is C10H18N2O4S. The quantitative estimate of drug-likeness (QED) is 0.739. The van der Waals surface area contributed by atoms with Crippen molar-refractivity contribution >= 4 is 22.8 Å². The van der Waals surface area contributed by atoms with Crippen molar-refractivity contribution in [1.29, 1.82) is 0 Å². The van der Waals surface area contributed by atoms with Crippen molar-refractivity contribution in [2.45, 2.75) is 13.3 Å². The van der Waals surface area contributed by atoms with Gasteiger partial charge in [-0.3, -0.25) is 9.00 Å². The Balaban J connectivity index is 2.40. The van der Waals surface area contributed by atoms with Crippen LogP contribution in [0.3, 0.4) is 0 Å². The van der Waals surface area contributed by atoms with Gasteiger partial charge in [0.2, 0.25) is 0 Å². The van der Waals surface area contributed by atoms with Crippen LogP contribution in [0.15, 0.2) is 0 Å². The van der Waals surface area contributed by atoms with Gasteiger partial charge in [0.25, 0.3) is 0 Å². The molecule has 1 aliphatic heterocycles. The minimum Gasteiger partial charge on any atom is -0.481 e. The number of carbonyl (C=O) groups is 2. The van der Waals surface area contributed by atoms with Gasteiger partial charge in [-0.25, -0.2) is 4.79 Å². The third-order valence-corrected chi connectivity index (χ3v) is 3.72. The van der Waals surface area contributed by atoms with Gasteiger partial charge < -0.3 is 15.3 Å². The van der Waals surface area contributed by atoms with E-state index in [1.54, 1.807) is 13.2 Å². The van der Waals surface area contributed by atoms with E-state index in [9.17, 15) is 13.8 Å². The molecule has 1 aliphatic rings. The summed E-state index contributed by atoms with van der Waals surface area (Å²) in [5.74, 6) is -0.460. The van der Waals surface area contributed by atoms with Gasteiger partial charge in [-0.05, 0) is 13.3 Å². The maximum absolute atomic E-state index is 11.7. The van der Waals surface area contributed by atoms with Gasteiger partial charge in [0.1, 0.15) is 0 Å². The Bertz CT molecular complexity index is 347. The molecule has 1 fully saturated rings. The molecular weight excluding hydrogens is 244 g/mol. The van der Waals surface area contributed by atoms with Crippen LogP contribution in [0.1, 0.15) is 13.3 Å². The lowest BCUT2D eigenvalue weighted by Gasteiger charge is -2.20. The zero-order valence-electron chi connectivity index (χ0n) is 10.1. The zero-order valence-corrected chi connectivity index (χ0v) is 10.9. The normalized spacial score (nSPS) is 25.6. The largest absolute Gasteiger partial charge is 0.481 e. The highest BCUT2D eigenvalue weighted by molar-refractivity contribution is 7.84. The predicted molar refractivity (Wildman–Crippen MR) is 64.3 cm³/mol. The highest BCUT2D eigenvalue weighted by atomic mass is 32.2. The van der Waals surface area contributed by atoms with E-state index in [0.717, 1.165) is 0 Å². The minimum atomic E-state index is -0.933. The Labute approximate surface area is 103 Å². The lowest BCUT2D eigenvalue weighted by Crippen LogP contribution is -2.42. The molecule has 17 heavy (non-hydrogen) atoms. The molecule has 2 N–H and O–H groups in total. The van der Waals surface area contributed by atoms with Crippen molar-refractivity contribution in [2.24, 2.45) is 5.41 Å². The molecule has 1 rings (SSSR count). The summed E-state index contributed by atoms with van der Waals surface area (Å²) < 4.78 is 10.8. The molecule has 0 bridgehead atoms. The average molecular weight is 262 g/mol. The first kappa shape index (κ1) is 14.0. The van der Waals surface area contributed by atoms with Crippen LogP contribution < -0.4 is 5.32 Å². The van der Waals surface area contributed by atoms with E-state index in [1.807, 2.05) is 0 Å². The van der Waals surface area contributed by atoms with Crippen molar-refractivity contribution in [2.75, 3.05) is 31.6 Å². The number of hydrogen-bond donors (Lipinski definition) is 2. The van der Waals surface area contributed by atoms with Crippen molar-refractivity contribution < 1.29 is 18.9 Å². The zero-order chi connectivity index (χ0) is 13.1. The predicted octanol–water partition coefficient (Wildman–Crippen LogP) is -0.129. The molecule has 2 amide bonds. The number of carbonyl (C=O) groups excluding carboxylic acids is 1. The molecule has 6 nitrogen and oxygen atoms in total. The fourth-order valence-electron chi connectivity index (χ4n) is 1.72. The van der Waals surface area contributed by atoms with Gasteiger partial charge >= 0.3 is 12.0 Å². The molecule has 1 saturated heterocycles. The summed E-state index contributed by atoms with van der Waals surface area (Å²) in [6.07, 6.45) is 2.04. The van der Waals surface area contributed by atoms with Crippen LogP contribution in [0.5, 0.6) is 0 Å². The maximum Gasteiger partial charge on any atom is 0.317 e. The van der Waals surface area contributed by atoms with Crippen LogP contribution in [-0.2, 0) is 15.6 Å². The monoisotopic (exact) mass is 262 g/mol. The number of likely N-dealkylation sites (tertiary alicyclic amines) is 1. The second kappa shape index (κ2) is 5.48. The number of nitrogens with one attached hydrogen (secondary N) is 1. The van der Waals surface area contributed by atoms with E-state index in [1.165, 1.54) is 4.90 Å². The van der Waals surface area contributed by atoms with Crippen molar-refractivity contribution in [3.05, 3.63) is 0 Å². The Kier molecular flexibility index (Phi) is 4.50. The number of carboxylic acids is 1. The third-order valence-electron chi connectivity index (χ3n) is 2.94. The van der Waals surface area contributed by atoms with E-state index in [-0.39, 0.29) is 12.6 Å². The van der Waals surface area contributed by atoms with Gasteiger partial charge in [-0.15, -0.1) is 0 Å². The second-order valence-corrected chi connectivity index (χ2v) is 6.10. The molecule has 0 radical (unpaired) electrons. The molecule has 0 aromatic heterocycles. The molecule has 0 spiro atoms. The Hall–Kier alpha value is -1.11. The van der Waals surface area contributed by atoms with E-state index in [2.05, 4.69) is 5.32 Å². The first-order valence-electron chi connectivity index (χ1n) is 5.41. The lowest BCUT2D eigenvalue weighted by molar-refractivity contribution is -0.146. The summed E-state index contributed by atoms with van der Waals surface area (Å²) in [6.45, 7) is 2.67. The Morgan fingerprint density at radius 1 is 1.53 bits per heavy atom. The van der Waals surface area contributed by atoms with Crippen LogP contribution in [0.25, 0.3) is 0 Å². The number of urea groups is 1. The molecule has 7 heteroatoms. The Morgan fingerprint density at radius 2 is 2.18 bits per heavy atom. The highest BCUT2D eigenvalue weighted by Gasteiger charge is 2.42. The van der Waals surface area contributed by atoms with Gasteiger partial charge in [0, 0.05) is 42.4 Å². The summed E-state index contributed by atoms with van der Waals surface area (Å²) in [6, 6.07) is -0.277. The van der Waals surface area contributed by atoms with Crippen molar-refractivity contribution in [1.82, 2.24) is 10.2 Å². The van der Waals surface area contributed by atoms with Gasteiger partial charge in [-0.1, -0.05) is 0 Å². The molecule has 0 aliphatic carbocycles. The molecule has 0 aromatic carbocycles. The summed E-state index contributed by atoms with van der Waals surface area (Å²) in [7, 11) is -0.933. The van der Waals surface area contributed by atoms with Gasteiger partial charge in [0.15, 0.2) is 0 Å². The summed E-state index contributed by atoms with van der Waals surface area (Å²) in [4.78, 5) is 24.1. The van der Waals surface area contributed by atoms with E-state index >= 15 is 0 Å². The molecule has 2 unspecified atom stereocenters. The second-order valence-electron chi connectivity index (χ2n) is 4.55. The fourth-order valence-corrected chi connectivity index (χ4v) is 2.11. The van der Waals surface area contributed by atoms with Crippen LogP contribution in [0.4, 0.5) is 4.79 Å². The number of carboxylic acid groups (broad SMARTS) is 1. The summed E-state index contributed by atoms with van der Waals surface area (Å²) >= 11 is 0. The van der Waals surface area contributed by atoms with Crippen LogP contribution >= 0.6 is 0 Å². The number of amides is 2. The Morgan fingerprint density at radius 3 is 2.65 bits per heavy atom. The summed E-state index contributed by atoms with van der Waals surface area (Å²) in [5, 5.41) is 11.7. The van der Waals surface area contributed by atoms with Crippen molar-refractivity contribution in [3.8, 4) is 0 Å². The number of rotatable bonds is 4. The topological polar surface area (TPSA) is 86.7 Å². The fraction of sp³-hybridized carbons (Fsp3) is 0.800. The number of nitrogens with zero attached hydrogens (tertiary/aromatic N) is 1. The first-order valence-corrected chi connectivity index (χ1v) is 7.14. The average Bonchev–Trinajstić information content (AvgIpc) is 2.62. The maximum atomic E-state index is 11.7. The van der Waals surface area contributed by atoms with E-state index in [4.69, 9.17) is 5.11 Å². The summed E-state index contributed by atoms with van der Waals surface area (Å²) in [5.41, 5.74) is -0.842. The number of hydrogen-bond acceptors (Lipinski definition) is 3. The highest BCUT2D eigenvalue weighted by Crippen LogP contribution is 2.29. The standard InChI is InChI=1S/C10H18N2O4S/c1-10(8(13)14)3-5-12(7-10)9(15)11-4-6-17(2)16/h3-7H2,1-2H3,(H,11,15)(H,13,14). The minimum absolute atomic E-state index is 0.226. The van der Waals surface area contributed by atoms with Gasteiger partial charge in [-0.2, -0.15) is 0 Å². The van der Waals surface area contributed by atoms with Crippen LogP contribution in [0, 0.1) is 5.41 Å². The van der Waals surface area contributed by atoms with Crippen molar-refractivity contribution in [3.63, 3.8) is 0 Å². The molecule has 98 valence electrons. The van der Waals surface area contributed by atoms with Gasteiger partial charge in [0.05, 0.1) is 5.41 Å². The van der Waals surface area contributed by atoms with Crippen LogP contribution in [0.2, 0.25) is 0 Å².